The number of benzene rings is 8. The van der Waals surface area contributed by atoms with Crippen LogP contribution in [0.3, 0.4) is 0 Å². The summed E-state index contributed by atoms with van der Waals surface area (Å²) < 4.78 is 6.57. The van der Waals surface area contributed by atoms with Gasteiger partial charge in [-0.3, -0.25) is 0 Å². The Kier molecular flexibility index (Phi) is 8.08. The summed E-state index contributed by atoms with van der Waals surface area (Å²) >= 11 is 1.86. The quantitative estimate of drug-likeness (QED) is 0.126. The van der Waals surface area contributed by atoms with Crippen molar-refractivity contribution in [1.82, 2.24) is 0 Å². The van der Waals surface area contributed by atoms with E-state index >= 15 is 0 Å². The number of furan rings is 1. The molecule has 0 atom stereocenters. The smallest absolute Gasteiger partial charge is 0.150 e. The normalized spacial score (nSPS) is 14.6. The molecule has 2 heterocycles. The van der Waals surface area contributed by atoms with Crippen molar-refractivity contribution in [2.75, 3.05) is 0 Å². The Labute approximate surface area is 319 Å². The van der Waals surface area contributed by atoms with Crippen molar-refractivity contribution >= 4 is 87.9 Å². The summed E-state index contributed by atoms with van der Waals surface area (Å²) in [5.74, 6) is 0. The Balaban J connectivity index is 1.03. The van der Waals surface area contributed by atoms with E-state index in [4.69, 9.17) is 4.42 Å². The monoisotopic (exact) mass is 710 g/mol. The van der Waals surface area contributed by atoms with Gasteiger partial charge in [0.05, 0.1) is 4.90 Å². The Morgan fingerprint density at radius 3 is 1.83 bits per heavy atom. The summed E-state index contributed by atoms with van der Waals surface area (Å²) in [7, 11) is 0. The van der Waals surface area contributed by atoms with Gasteiger partial charge in [-0.05, 0) is 108 Å². The fraction of sp³-hybridized carbons (Fsp3) is 0.0769. The number of allylic oxidation sites excluding steroid dienone is 8. The molecule has 0 spiro atoms. The first-order chi connectivity index (χ1) is 26.6. The molecular weight excluding hydrogens is 673 g/mol. The molecule has 8 aromatic carbocycles. The van der Waals surface area contributed by atoms with Crippen molar-refractivity contribution in [2.45, 2.75) is 31.6 Å². The van der Waals surface area contributed by atoms with Gasteiger partial charge in [-0.1, -0.05) is 176 Å². The van der Waals surface area contributed by atoms with Crippen LogP contribution in [0.5, 0.6) is 0 Å². The molecule has 10 rings (SSSR count). The second-order valence-electron chi connectivity index (χ2n) is 14.4. The zero-order valence-electron chi connectivity index (χ0n) is 30.4. The number of hydrogen-bond donors (Lipinski definition) is 0. The van der Waals surface area contributed by atoms with Crippen LogP contribution < -0.4 is 0 Å². The van der Waals surface area contributed by atoms with Crippen LogP contribution in [0.1, 0.15) is 36.1 Å². The van der Waals surface area contributed by atoms with Crippen molar-refractivity contribution in [3.8, 4) is 0 Å². The Hall–Kier alpha value is -6.09. The molecular formula is C52H38OS. The molecule has 0 saturated heterocycles. The molecule has 9 aromatic rings. The van der Waals surface area contributed by atoms with Crippen molar-refractivity contribution in [3.05, 3.63) is 197 Å². The van der Waals surface area contributed by atoms with Crippen LogP contribution in [-0.4, -0.2) is 0 Å². The van der Waals surface area contributed by atoms with Crippen molar-refractivity contribution < 1.29 is 4.42 Å². The maximum atomic E-state index is 6.57. The topological polar surface area (TPSA) is 13.1 Å². The van der Waals surface area contributed by atoms with Gasteiger partial charge in [0, 0.05) is 17.2 Å². The van der Waals surface area contributed by atoms with E-state index in [9.17, 15) is 0 Å². The largest absolute Gasteiger partial charge is 0.455 e. The molecule has 2 heteroatoms. The highest BCUT2D eigenvalue weighted by molar-refractivity contribution is 8.03. The van der Waals surface area contributed by atoms with Crippen molar-refractivity contribution in [1.29, 1.82) is 0 Å². The molecule has 1 aliphatic heterocycles. The molecule has 0 bridgehead atoms. The summed E-state index contributed by atoms with van der Waals surface area (Å²) in [5.41, 5.74) is 9.80. The van der Waals surface area contributed by atoms with E-state index in [1.807, 2.05) is 11.8 Å². The summed E-state index contributed by atoms with van der Waals surface area (Å²) in [5, 5.41) is 12.7. The number of fused-ring (bicyclic) bond motifs is 11. The molecule has 1 aromatic heterocycles. The van der Waals surface area contributed by atoms with Gasteiger partial charge in [0.2, 0.25) is 0 Å². The van der Waals surface area contributed by atoms with Crippen LogP contribution in [0.4, 0.5) is 0 Å². The van der Waals surface area contributed by atoms with Crippen LogP contribution in [0.2, 0.25) is 0 Å². The zero-order chi connectivity index (χ0) is 36.2. The first kappa shape index (κ1) is 32.6. The van der Waals surface area contributed by atoms with E-state index in [-0.39, 0.29) is 0 Å². The summed E-state index contributed by atoms with van der Waals surface area (Å²) in [4.78, 5) is 2.59. The van der Waals surface area contributed by atoms with Gasteiger partial charge in [-0.2, -0.15) is 0 Å². The highest BCUT2D eigenvalue weighted by Gasteiger charge is 2.26. The van der Waals surface area contributed by atoms with Crippen LogP contribution in [0, 0.1) is 0 Å². The SMILES string of the molecule is C/C(=C\C=C/Cc1cccc2ccccc12)c1c2ccccc2c(/C(C)=C/C=C2\Cc3c(c4oc5ccccc5c4c4ccccc34)S2)c2ccccc12. The van der Waals surface area contributed by atoms with Crippen molar-refractivity contribution in [3.63, 3.8) is 0 Å². The number of hydrogen-bond acceptors (Lipinski definition) is 2. The molecule has 1 nitrogen and oxygen atoms in total. The zero-order valence-corrected chi connectivity index (χ0v) is 31.2. The second kappa shape index (κ2) is 13.4. The van der Waals surface area contributed by atoms with Gasteiger partial charge in [0.1, 0.15) is 11.2 Å². The number of para-hydroxylation sites is 1. The van der Waals surface area contributed by atoms with E-state index in [0.717, 1.165) is 24.0 Å². The van der Waals surface area contributed by atoms with E-state index in [1.54, 1.807) is 0 Å². The Morgan fingerprint density at radius 1 is 0.574 bits per heavy atom. The molecule has 258 valence electrons. The van der Waals surface area contributed by atoms with Crippen LogP contribution in [-0.2, 0) is 12.8 Å². The minimum atomic E-state index is 0.897. The van der Waals surface area contributed by atoms with E-state index in [2.05, 4.69) is 184 Å². The predicted octanol–water partition coefficient (Wildman–Crippen LogP) is 15.0. The maximum absolute atomic E-state index is 6.57. The summed E-state index contributed by atoms with van der Waals surface area (Å²) in [6.07, 6.45) is 13.3. The molecule has 0 saturated carbocycles. The molecule has 0 fully saturated rings. The average Bonchev–Trinajstić information content (AvgIpc) is 3.83. The molecule has 0 radical (unpaired) electrons. The number of rotatable bonds is 6. The highest BCUT2D eigenvalue weighted by atomic mass is 32.2. The third-order valence-corrected chi connectivity index (χ3v) is 12.3. The minimum absolute atomic E-state index is 0.897. The molecule has 0 aliphatic carbocycles. The number of thioether (sulfide) groups is 1. The maximum Gasteiger partial charge on any atom is 0.150 e. The standard InChI is InChI=1S/C52H38OS/c1-33(16-3-4-17-35-19-15-20-36-18-5-6-21-38(35)36)48-41-24-9-11-26-43(41)49(44-27-12-10-25-42(44)48)34(2)30-31-37-32-46-39-22-7-8-23-40(39)50-45-28-13-14-29-47(45)53-51(50)52(46)54-37/h3-16,18-31H,17,32H2,1-2H3/b4-3-,33-16+,34-30+,37-31+. The van der Waals surface area contributed by atoms with Crippen LogP contribution in [0.25, 0.3) is 76.2 Å². The highest BCUT2D eigenvalue weighted by Crippen LogP contribution is 2.50. The third-order valence-electron chi connectivity index (χ3n) is 11.1. The lowest BCUT2D eigenvalue weighted by Crippen LogP contribution is -1.93. The first-order valence-electron chi connectivity index (χ1n) is 18.8. The van der Waals surface area contributed by atoms with Gasteiger partial charge < -0.3 is 4.42 Å². The van der Waals surface area contributed by atoms with Crippen LogP contribution >= 0.6 is 11.8 Å². The van der Waals surface area contributed by atoms with Gasteiger partial charge in [-0.15, -0.1) is 0 Å². The molecule has 1 aliphatic rings. The van der Waals surface area contributed by atoms with Gasteiger partial charge in [0.15, 0.2) is 0 Å². The lowest BCUT2D eigenvalue weighted by molar-refractivity contribution is 0.660. The first-order valence-corrected chi connectivity index (χ1v) is 19.6. The fourth-order valence-electron chi connectivity index (χ4n) is 8.65. The van der Waals surface area contributed by atoms with E-state index in [0.29, 0.717) is 0 Å². The lowest BCUT2D eigenvalue weighted by Gasteiger charge is -2.18. The Morgan fingerprint density at radius 2 is 1.13 bits per heavy atom. The van der Waals surface area contributed by atoms with Gasteiger partial charge in [0.25, 0.3) is 0 Å². The summed E-state index contributed by atoms with van der Waals surface area (Å²) in [6, 6.07) is 50.3. The molecule has 54 heavy (non-hydrogen) atoms. The molecule has 0 N–H and O–H groups in total. The molecule has 0 amide bonds. The lowest BCUT2D eigenvalue weighted by atomic mass is 9.86. The van der Waals surface area contributed by atoms with E-state index < -0.39 is 0 Å². The van der Waals surface area contributed by atoms with Gasteiger partial charge >= 0.3 is 0 Å². The summed E-state index contributed by atoms with van der Waals surface area (Å²) in [6.45, 7) is 4.52. The van der Waals surface area contributed by atoms with E-state index in [1.165, 1.54) is 97.1 Å². The predicted molar refractivity (Wildman–Crippen MR) is 234 cm³/mol. The second-order valence-corrected chi connectivity index (χ2v) is 15.5. The third kappa shape index (κ3) is 5.40. The average molecular weight is 711 g/mol. The molecule has 0 unspecified atom stereocenters. The minimum Gasteiger partial charge on any atom is -0.455 e. The van der Waals surface area contributed by atoms with Gasteiger partial charge in [-0.25, -0.2) is 0 Å². The Bertz CT molecular complexity index is 3030. The van der Waals surface area contributed by atoms with Crippen molar-refractivity contribution in [2.24, 2.45) is 0 Å². The van der Waals surface area contributed by atoms with Crippen LogP contribution in [0.15, 0.2) is 184 Å². The fourth-order valence-corrected chi connectivity index (χ4v) is 9.81.